The fourth-order valence-corrected chi connectivity index (χ4v) is 5.93. The minimum atomic E-state index is -4.03. The summed E-state index contributed by atoms with van der Waals surface area (Å²) in [7, 11) is -2.21. The molecule has 0 aliphatic carbocycles. The first kappa shape index (κ1) is 23.9. The van der Waals surface area contributed by atoms with E-state index in [0.29, 0.717) is 5.56 Å². The predicted octanol–water partition coefficient (Wildman–Crippen LogP) is 3.48. The Morgan fingerprint density at radius 3 is 2.47 bits per heavy atom. The molecular weight excluding hydrogens is 459 g/mol. The average Bonchev–Trinajstić information content (AvgIpc) is 3.19. The molecule has 1 aliphatic rings. The number of sulfonamides is 1. The van der Waals surface area contributed by atoms with Crippen molar-refractivity contribution >= 4 is 16.0 Å². The number of ether oxygens (including phenoxy) is 1. The van der Waals surface area contributed by atoms with Crippen LogP contribution in [0.15, 0.2) is 65.3 Å². The average molecular weight is 487 g/mol. The van der Waals surface area contributed by atoms with E-state index in [1.165, 1.54) is 6.07 Å². The van der Waals surface area contributed by atoms with Crippen molar-refractivity contribution in [2.24, 2.45) is 11.4 Å². The number of amidine groups is 1. The van der Waals surface area contributed by atoms with Crippen molar-refractivity contribution in [3.8, 4) is 11.1 Å². The smallest absolute Gasteiger partial charge is 0.301 e. The van der Waals surface area contributed by atoms with E-state index in [4.69, 9.17) is 4.74 Å². The fourth-order valence-electron chi connectivity index (χ4n) is 4.24. The molecule has 0 radical (unpaired) electrons. The highest BCUT2D eigenvalue weighted by Gasteiger charge is 2.47. The zero-order valence-corrected chi connectivity index (χ0v) is 20.0. The summed E-state index contributed by atoms with van der Waals surface area (Å²) in [6.45, 7) is 3.11. The van der Waals surface area contributed by atoms with Crippen molar-refractivity contribution in [1.82, 2.24) is 15.1 Å². The number of nitrogens with zero attached hydrogens (tertiary/aromatic N) is 3. The van der Waals surface area contributed by atoms with Gasteiger partial charge in [0.25, 0.3) is 10.0 Å². The summed E-state index contributed by atoms with van der Waals surface area (Å²) in [6.07, 6.45) is 3.75. The summed E-state index contributed by atoms with van der Waals surface area (Å²) >= 11 is 0. The molecule has 0 saturated carbocycles. The van der Waals surface area contributed by atoms with Crippen molar-refractivity contribution in [3.05, 3.63) is 77.9 Å². The molecule has 2 N–H and O–H groups in total. The van der Waals surface area contributed by atoms with Gasteiger partial charge in [-0.1, -0.05) is 42.5 Å². The molecule has 0 saturated heterocycles. The van der Waals surface area contributed by atoms with Gasteiger partial charge >= 0.3 is 6.02 Å². The molecule has 0 bridgehead atoms. The van der Waals surface area contributed by atoms with Crippen molar-refractivity contribution < 1.29 is 22.7 Å². The van der Waals surface area contributed by atoms with E-state index in [9.17, 15) is 17.9 Å². The van der Waals surface area contributed by atoms with Crippen LogP contribution in [-0.4, -0.2) is 41.5 Å². The lowest BCUT2D eigenvalue weighted by atomic mass is 9.96. The topological polar surface area (TPSA) is 106 Å². The second kappa shape index (κ2) is 9.19. The molecule has 3 aromatic rings. The van der Waals surface area contributed by atoms with Crippen LogP contribution in [0.1, 0.15) is 42.7 Å². The van der Waals surface area contributed by atoms with E-state index in [0.717, 1.165) is 11.1 Å². The molecule has 4 rings (SSSR count). The van der Waals surface area contributed by atoms with Gasteiger partial charge in [-0.2, -0.15) is 5.10 Å². The first-order valence-electron chi connectivity index (χ1n) is 10.8. The van der Waals surface area contributed by atoms with Crippen molar-refractivity contribution in [1.29, 1.82) is 0 Å². The zero-order valence-electron chi connectivity index (χ0n) is 19.1. The van der Waals surface area contributed by atoms with Gasteiger partial charge in [0.15, 0.2) is 0 Å². The van der Waals surface area contributed by atoms with Gasteiger partial charge in [-0.05, 0) is 37.5 Å². The Balaban J connectivity index is 1.63. The molecular formula is C24H27FN4O4S. The minimum absolute atomic E-state index is 0.142. The molecule has 180 valence electrons. The van der Waals surface area contributed by atoms with Gasteiger partial charge in [0.2, 0.25) is 0 Å². The van der Waals surface area contributed by atoms with Crippen LogP contribution in [-0.2, 0) is 21.8 Å². The van der Waals surface area contributed by atoms with Crippen LogP contribution in [0.25, 0.3) is 11.1 Å². The van der Waals surface area contributed by atoms with Crippen LogP contribution in [0.2, 0.25) is 0 Å². The number of benzene rings is 2. The Kier molecular flexibility index (Phi) is 6.46. The van der Waals surface area contributed by atoms with Gasteiger partial charge in [0.1, 0.15) is 16.7 Å². The van der Waals surface area contributed by atoms with Gasteiger partial charge in [-0.25, -0.2) is 12.8 Å². The lowest BCUT2D eigenvalue weighted by Gasteiger charge is -2.38. The highest BCUT2D eigenvalue weighted by atomic mass is 32.2. The molecule has 8 nitrogen and oxygen atoms in total. The number of aliphatic hydroxyl groups is 1. The van der Waals surface area contributed by atoms with Gasteiger partial charge in [-0.15, -0.1) is 4.40 Å². The zero-order chi connectivity index (χ0) is 24.5. The Bertz CT molecular complexity index is 1300. The molecule has 2 atom stereocenters. The number of rotatable bonds is 6. The normalized spacial score (nSPS) is 19.7. The molecule has 0 spiro atoms. The first-order valence-corrected chi connectivity index (χ1v) is 12.3. The largest absolute Gasteiger partial charge is 0.457 e. The summed E-state index contributed by atoms with van der Waals surface area (Å²) in [5.41, 5.74) is 1.49. The number of hydrogen-bond donors (Lipinski definition) is 2. The van der Waals surface area contributed by atoms with Crippen LogP contribution in [0.5, 0.6) is 0 Å². The fraction of sp³-hybridized carbons (Fsp3) is 0.333. The SMILES string of the molecule is Cn1cc(-c2ccc(C3C(C)(C)OC(N[C@@H](CCO)c4ccccc4F)=NS3(=O)=O)cc2)cn1. The maximum absolute atomic E-state index is 14.3. The number of aromatic nitrogens is 2. The van der Waals surface area contributed by atoms with Gasteiger partial charge in [0.05, 0.1) is 12.2 Å². The quantitative estimate of drug-likeness (QED) is 0.553. The molecule has 34 heavy (non-hydrogen) atoms. The Labute approximate surface area is 198 Å². The second-order valence-electron chi connectivity index (χ2n) is 8.75. The van der Waals surface area contributed by atoms with Crippen LogP contribution in [0.4, 0.5) is 4.39 Å². The monoisotopic (exact) mass is 486 g/mol. The van der Waals surface area contributed by atoms with E-state index in [2.05, 4.69) is 14.8 Å². The molecule has 2 heterocycles. The minimum Gasteiger partial charge on any atom is -0.457 e. The number of hydrogen-bond acceptors (Lipinski definition) is 6. The lowest BCUT2D eigenvalue weighted by molar-refractivity contribution is 0.0759. The Hall–Kier alpha value is -3.24. The third-order valence-corrected chi connectivity index (χ3v) is 7.60. The summed E-state index contributed by atoms with van der Waals surface area (Å²) in [4.78, 5) is 0. The van der Waals surface area contributed by atoms with Crippen LogP contribution in [0, 0.1) is 5.82 Å². The Morgan fingerprint density at radius 2 is 1.88 bits per heavy atom. The maximum atomic E-state index is 14.3. The highest BCUT2D eigenvalue weighted by Crippen LogP contribution is 2.41. The molecule has 1 aliphatic heterocycles. The molecule has 2 aromatic carbocycles. The van der Waals surface area contributed by atoms with E-state index >= 15 is 0 Å². The Morgan fingerprint density at radius 1 is 1.18 bits per heavy atom. The summed E-state index contributed by atoms with van der Waals surface area (Å²) in [6, 6.07) is 12.3. The number of nitrogens with one attached hydrogen (secondary N) is 1. The molecule has 1 aromatic heterocycles. The number of halogens is 1. The third kappa shape index (κ3) is 4.83. The van der Waals surface area contributed by atoms with Gasteiger partial charge < -0.3 is 15.2 Å². The predicted molar refractivity (Wildman–Crippen MR) is 127 cm³/mol. The van der Waals surface area contributed by atoms with Crippen molar-refractivity contribution in [2.45, 2.75) is 37.2 Å². The van der Waals surface area contributed by atoms with Crippen LogP contribution < -0.4 is 5.32 Å². The standard InChI is InChI=1S/C24H27FN4O4S/c1-24(2)22(17-10-8-16(9-11-17)18-14-26-29(3)15-18)34(31,32)28-23(33-24)27-21(12-13-30)19-6-4-5-7-20(19)25/h4-11,14-15,21-22,30H,12-13H2,1-3H3,(H,27,28)/t21-,22?/m0/s1. The van der Waals surface area contributed by atoms with E-state index < -0.39 is 32.7 Å². The van der Waals surface area contributed by atoms with Crippen molar-refractivity contribution in [3.63, 3.8) is 0 Å². The maximum Gasteiger partial charge on any atom is 0.301 e. The van der Waals surface area contributed by atoms with E-state index in [-0.39, 0.29) is 24.6 Å². The second-order valence-corrected chi connectivity index (χ2v) is 10.4. The van der Waals surface area contributed by atoms with Crippen molar-refractivity contribution in [2.75, 3.05) is 6.61 Å². The highest BCUT2D eigenvalue weighted by molar-refractivity contribution is 7.90. The molecule has 10 heteroatoms. The van der Waals surface area contributed by atoms with Gasteiger partial charge in [-0.3, -0.25) is 4.68 Å². The third-order valence-electron chi connectivity index (χ3n) is 5.75. The molecule has 0 fully saturated rings. The number of aryl methyl sites for hydroxylation is 1. The summed E-state index contributed by atoms with van der Waals surface area (Å²) in [5, 5.41) is 15.4. The van der Waals surface area contributed by atoms with Gasteiger partial charge in [0, 0.05) is 31.0 Å². The van der Waals surface area contributed by atoms with E-state index in [1.807, 2.05) is 25.4 Å². The summed E-state index contributed by atoms with van der Waals surface area (Å²) < 4.78 is 52.4. The molecule has 0 amide bonds. The molecule has 1 unspecified atom stereocenters. The van der Waals surface area contributed by atoms with Crippen LogP contribution >= 0.6 is 0 Å². The number of aliphatic hydroxyl groups excluding tert-OH is 1. The summed E-state index contributed by atoms with van der Waals surface area (Å²) in [5.74, 6) is -0.474. The first-order chi connectivity index (χ1) is 16.1. The van der Waals surface area contributed by atoms with E-state index in [1.54, 1.807) is 55.1 Å². The lowest BCUT2D eigenvalue weighted by Crippen LogP contribution is -2.47. The van der Waals surface area contributed by atoms with Crippen LogP contribution in [0.3, 0.4) is 0 Å².